The van der Waals surface area contributed by atoms with E-state index in [1.54, 1.807) is 6.08 Å². The Morgan fingerprint density at radius 1 is 1.38 bits per heavy atom. The molecule has 0 aliphatic heterocycles. The summed E-state index contributed by atoms with van der Waals surface area (Å²) in [4.78, 5) is 0. The zero-order chi connectivity index (χ0) is 10.3. The third kappa shape index (κ3) is 6.62. The Hall–Kier alpha value is -0.520. The van der Waals surface area contributed by atoms with E-state index in [1.807, 2.05) is 26.8 Å². The van der Waals surface area contributed by atoms with E-state index in [-0.39, 0.29) is 5.41 Å². The first-order chi connectivity index (χ1) is 5.98. The summed E-state index contributed by atoms with van der Waals surface area (Å²) in [6, 6.07) is 0. The number of aliphatic hydroxyl groups excluding tert-OH is 1. The maximum atomic E-state index is 9.60. The predicted octanol–water partition coefficient (Wildman–Crippen LogP) is 3.29. The van der Waals surface area contributed by atoms with Crippen molar-refractivity contribution in [3.8, 4) is 0 Å². The summed E-state index contributed by atoms with van der Waals surface area (Å²) in [7, 11) is 0. The topological polar surface area (TPSA) is 20.2 Å². The van der Waals surface area contributed by atoms with Crippen molar-refractivity contribution in [2.75, 3.05) is 0 Å². The Balaban J connectivity index is 3.90. The molecule has 0 amide bonds. The summed E-state index contributed by atoms with van der Waals surface area (Å²) in [5.74, 6) is 0. The SMILES string of the molecule is CCCCC=C=CC(O)C(C)(C)C. The van der Waals surface area contributed by atoms with Crippen LogP contribution in [-0.2, 0) is 0 Å². The molecule has 0 aliphatic carbocycles. The monoisotopic (exact) mass is 182 g/mol. The minimum atomic E-state index is -0.398. The third-order valence-corrected chi connectivity index (χ3v) is 1.96. The number of hydrogen-bond acceptors (Lipinski definition) is 1. The second-order valence-corrected chi connectivity index (χ2v) is 4.49. The Kier molecular flexibility index (Phi) is 5.77. The van der Waals surface area contributed by atoms with Gasteiger partial charge in [0.1, 0.15) is 0 Å². The van der Waals surface area contributed by atoms with E-state index in [0.717, 1.165) is 6.42 Å². The van der Waals surface area contributed by atoms with Gasteiger partial charge in [0.15, 0.2) is 0 Å². The Labute approximate surface area is 82.2 Å². The van der Waals surface area contributed by atoms with E-state index < -0.39 is 6.10 Å². The van der Waals surface area contributed by atoms with Gasteiger partial charge in [0.2, 0.25) is 0 Å². The molecule has 0 saturated heterocycles. The van der Waals surface area contributed by atoms with E-state index in [0.29, 0.717) is 0 Å². The summed E-state index contributed by atoms with van der Waals surface area (Å²) in [5.41, 5.74) is 2.95. The fraction of sp³-hybridized carbons (Fsp3) is 0.750. The second-order valence-electron chi connectivity index (χ2n) is 4.49. The van der Waals surface area contributed by atoms with Crippen LogP contribution in [0.1, 0.15) is 47.0 Å². The number of hydrogen-bond donors (Lipinski definition) is 1. The van der Waals surface area contributed by atoms with Crippen LogP contribution < -0.4 is 0 Å². The first kappa shape index (κ1) is 12.5. The largest absolute Gasteiger partial charge is 0.388 e. The fourth-order valence-electron chi connectivity index (χ4n) is 0.799. The molecule has 76 valence electrons. The maximum absolute atomic E-state index is 9.60. The highest BCUT2D eigenvalue weighted by Gasteiger charge is 2.18. The molecule has 0 radical (unpaired) electrons. The molecule has 0 aromatic rings. The molecular formula is C12H22O. The quantitative estimate of drug-likeness (QED) is 0.522. The molecule has 1 nitrogen and oxygen atoms in total. The normalized spacial score (nSPS) is 13.3. The van der Waals surface area contributed by atoms with Crippen LogP contribution in [-0.4, -0.2) is 11.2 Å². The van der Waals surface area contributed by atoms with Crippen molar-refractivity contribution in [1.82, 2.24) is 0 Å². The maximum Gasteiger partial charge on any atom is 0.0842 e. The van der Waals surface area contributed by atoms with Gasteiger partial charge in [0, 0.05) is 0 Å². The summed E-state index contributed by atoms with van der Waals surface area (Å²) in [6.45, 7) is 8.22. The minimum absolute atomic E-state index is 0.0778. The van der Waals surface area contributed by atoms with Crippen molar-refractivity contribution in [2.24, 2.45) is 5.41 Å². The van der Waals surface area contributed by atoms with Gasteiger partial charge in [-0.05, 0) is 30.4 Å². The van der Waals surface area contributed by atoms with Gasteiger partial charge in [-0.2, -0.15) is 0 Å². The summed E-state index contributed by atoms with van der Waals surface area (Å²) in [5, 5.41) is 9.60. The summed E-state index contributed by atoms with van der Waals surface area (Å²) in [6.07, 6.45) is 6.81. The molecule has 1 heteroatoms. The molecule has 0 rings (SSSR count). The average molecular weight is 182 g/mol. The van der Waals surface area contributed by atoms with Crippen LogP contribution >= 0.6 is 0 Å². The molecule has 0 heterocycles. The Morgan fingerprint density at radius 2 is 2.00 bits per heavy atom. The molecule has 0 aromatic carbocycles. The molecule has 1 unspecified atom stereocenters. The fourth-order valence-corrected chi connectivity index (χ4v) is 0.799. The number of rotatable bonds is 4. The van der Waals surface area contributed by atoms with Gasteiger partial charge in [-0.15, -0.1) is 5.73 Å². The molecule has 13 heavy (non-hydrogen) atoms. The van der Waals surface area contributed by atoms with Crippen LogP contribution in [0.4, 0.5) is 0 Å². The lowest BCUT2D eigenvalue weighted by molar-refractivity contribution is 0.105. The van der Waals surface area contributed by atoms with Gasteiger partial charge >= 0.3 is 0 Å². The van der Waals surface area contributed by atoms with Crippen LogP contribution in [0.3, 0.4) is 0 Å². The Bertz CT molecular complexity index is 180. The van der Waals surface area contributed by atoms with E-state index in [2.05, 4.69) is 12.7 Å². The highest BCUT2D eigenvalue weighted by Crippen LogP contribution is 2.19. The molecule has 0 fully saturated rings. The zero-order valence-electron chi connectivity index (χ0n) is 9.30. The van der Waals surface area contributed by atoms with E-state index in [9.17, 15) is 5.11 Å². The van der Waals surface area contributed by atoms with Crippen LogP contribution in [0.5, 0.6) is 0 Å². The van der Waals surface area contributed by atoms with Crippen molar-refractivity contribution in [3.63, 3.8) is 0 Å². The molecule has 0 saturated carbocycles. The molecule has 0 spiro atoms. The minimum Gasteiger partial charge on any atom is -0.388 e. The average Bonchev–Trinajstić information content (AvgIpc) is 2.02. The van der Waals surface area contributed by atoms with Crippen molar-refractivity contribution in [3.05, 3.63) is 17.9 Å². The Morgan fingerprint density at radius 3 is 2.46 bits per heavy atom. The van der Waals surface area contributed by atoms with Gasteiger partial charge in [0.05, 0.1) is 6.10 Å². The highest BCUT2D eigenvalue weighted by atomic mass is 16.3. The first-order valence-electron chi connectivity index (χ1n) is 5.07. The lowest BCUT2D eigenvalue weighted by atomic mass is 9.89. The summed E-state index contributed by atoms with van der Waals surface area (Å²) >= 11 is 0. The first-order valence-corrected chi connectivity index (χ1v) is 5.07. The van der Waals surface area contributed by atoms with Gasteiger partial charge in [0.25, 0.3) is 0 Å². The van der Waals surface area contributed by atoms with Crippen molar-refractivity contribution < 1.29 is 5.11 Å². The lowest BCUT2D eigenvalue weighted by Crippen LogP contribution is -2.23. The standard InChI is InChI=1S/C12H22O/c1-5-6-7-8-9-10-11(13)12(2,3)4/h8,10-11,13H,5-7H2,1-4H3. The zero-order valence-corrected chi connectivity index (χ0v) is 9.30. The molecule has 0 aromatic heterocycles. The van der Waals surface area contributed by atoms with Crippen molar-refractivity contribution in [1.29, 1.82) is 0 Å². The van der Waals surface area contributed by atoms with Crippen LogP contribution in [0.2, 0.25) is 0 Å². The van der Waals surface area contributed by atoms with Crippen molar-refractivity contribution in [2.45, 2.75) is 53.1 Å². The van der Waals surface area contributed by atoms with Gasteiger partial charge in [-0.25, -0.2) is 0 Å². The smallest absolute Gasteiger partial charge is 0.0842 e. The third-order valence-electron chi connectivity index (χ3n) is 1.96. The van der Waals surface area contributed by atoms with Gasteiger partial charge in [-0.3, -0.25) is 0 Å². The van der Waals surface area contributed by atoms with E-state index in [4.69, 9.17) is 0 Å². The lowest BCUT2D eigenvalue weighted by Gasteiger charge is -2.21. The molecular weight excluding hydrogens is 160 g/mol. The van der Waals surface area contributed by atoms with Gasteiger partial charge in [-0.1, -0.05) is 34.1 Å². The molecule has 0 aliphatic rings. The highest BCUT2D eigenvalue weighted by molar-refractivity contribution is 4.94. The van der Waals surface area contributed by atoms with Gasteiger partial charge < -0.3 is 5.11 Å². The van der Waals surface area contributed by atoms with E-state index >= 15 is 0 Å². The van der Waals surface area contributed by atoms with Crippen LogP contribution in [0.25, 0.3) is 0 Å². The predicted molar refractivity (Wildman–Crippen MR) is 57.6 cm³/mol. The van der Waals surface area contributed by atoms with Crippen LogP contribution in [0, 0.1) is 5.41 Å². The number of aliphatic hydroxyl groups is 1. The van der Waals surface area contributed by atoms with Crippen molar-refractivity contribution >= 4 is 0 Å². The second kappa shape index (κ2) is 6.01. The molecule has 0 bridgehead atoms. The molecule has 1 N–H and O–H groups in total. The number of unbranched alkanes of at least 4 members (excludes halogenated alkanes) is 2. The van der Waals surface area contributed by atoms with E-state index in [1.165, 1.54) is 12.8 Å². The molecule has 1 atom stereocenters. The van der Waals surface area contributed by atoms with Crippen LogP contribution in [0.15, 0.2) is 17.9 Å². The summed E-state index contributed by atoms with van der Waals surface area (Å²) < 4.78 is 0.